The van der Waals surface area contributed by atoms with Crippen molar-refractivity contribution in [1.82, 2.24) is 10.3 Å². The van der Waals surface area contributed by atoms with Crippen molar-refractivity contribution in [3.8, 4) is 0 Å². The fraction of sp³-hybridized carbons (Fsp3) is 0.250. The zero-order chi connectivity index (χ0) is 15.4. The molecule has 0 saturated heterocycles. The smallest absolute Gasteiger partial charge is 0.251 e. The minimum atomic E-state index is -0.377. The number of nitrogens with one attached hydrogen (secondary N) is 1. The number of carbonyl (C=O) groups is 1. The second-order valence-electron chi connectivity index (χ2n) is 5.03. The Bertz CT molecular complexity index is 656. The molecule has 1 aromatic carbocycles. The summed E-state index contributed by atoms with van der Waals surface area (Å²) in [5.74, 6) is 0.119. The van der Waals surface area contributed by atoms with E-state index < -0.39 is 0 Å². The normalized spacial score (nSPS) is 10.3. The lowest BCUT2D eigenvalue weighted by atomic mass is 10.1. The van der Waals surface area contributed by atoms with E-state index in [-0.39, 0.29) is 11.7 Å². The Morgan fingerprint density at radius 3 is 2.76 bits per heavy atom. The Hall–Kier alpha value is -2.43. The van der Waals surface area contributed by atoms with Gasteiger partial charge in [0.2, 0.25) is 0 Å². The largest absolute Gasteiger partial charge is 0.362 e. The second kappa shape index (κ2) is 6.35. The fourth-order valence-electron chi connectivity index (χ4n) is 1.98. The third-order valence-corrected chi connectivity index (χ3v) is 3.16. The van der Waals surface area contributed by atoms with Crippen molar-refractivity contribution >= 4 is 11.7 Å². The van der Waals surface area contributed by atoms with Gasteiger partial charge in [0.15, 0.2) is 0 Å². The first-order valence-electron chi connectivity index (χ1n) is 6.64. The lowest BCUT2D eigenvalue weighted by Gasteiger charge is -2.16. The minimum Gasteiger partial charge on any atom is -0.362 e. The number of aryl methyl sites for hydroxylation is 1. The molecule has 0 aliphatic carbocycles. The molecule has 21 heavy (non-hydrogen) atoms. The zero-order valence-corrected chi connectivity index (χ0v) is 12.4. The Morgan fingerprint density at radius 1 is 1.33 bits per heavy atom. The van der Waals surface area contributed by atoms with Crippen LogP contribution in [0.15, 0.2) is 36.5 Å². The number of carbonyl (C=O) groups excluding carboxylic acids is 1. The predicted octanol–water partition coefficient (Wildman–Crippen LogP) is 2.53. The average molecular weight is 287 g/mol. The molecule has 5 heteroatoms. The standard InChI is InChI=1S/C16H18FN3O/c1-11-6-7-12(9-14(11)17)16(21)19-10-13-5-4-8-18-15(13)20(2)3/h4-9H,10H2,1-3H3,(H,19,21). The van der Waals surface area contributed by atoms with Gasteiger partial charge in [-0.3, -0.25) is 4.79 Å². The number of halogens is 1. The molecular formula is C16H18FN3O. The van der Waals surface area contributed by atoms with Crippen LogP contribution < -0.4 is 10.2 Å². The van der Waals surface area contributed by atoms with Crippen LogP contribution in [0, 0.1) is 12.7 Å². The first-order valence-corrected chi connectivity index (χ1v) is 6.64. The molecule has 0 bridgehead atoms. The van der Waals surface area contributed by atoms with Gasteiger partial charge in [-0.05, 0) is 30.7 Å². The van der Waals surface area contributed by atoms with Crippen molar-refractivity contribution in [3.63, 3.8) is 0 Å². The molecule has 0 unspecified atom stereocenters. The number of hydrogen-bond acceptors (Lipinski definition) is 3. The molecule has 4 nitrogen and oxygen atoms in total. The van der Waals surface area contributed by atoms with Gasteiger partial charge in [0.1, 0.15) is 11.6 Å². The van der Waals surface area contributed by atoms with Gasteiger partial charge in [-0.25, -0.2) is 9.37 Å². The van der Waals surface area contributed by atoms with Crippen LogP contribution in [0.4, 0.5) is 10.2 Å². The van der Waals surface area contributed by atoms with Crippen molar-refractivity contribution < 1.29 is 9.18 Å². The predicted molar refractivity (Wildman–Crippen MR) is 80.9 cm³/mol. The highest BCUT2D eigenvalue weighted by atomic mass is 19.1. The number of nitrogens with zero attached hydrogens (tertiary/aromatic N) is 2. The topological polar surface area (TPSA) is 45.2 Å². The SMILES string of the molecule is Cc1ccc(C(=O)NCc2cccnc2N(C)C)cc1F. The van der Waals surface area contributed by atoms with Gasteiger partial charge in [-0.15, -0.1) is 0 Å². The molecule has 0 atom stereocenters. The third kappa shape index (κ3) is 3.56. The fourth-order valence-corrected chi connectivity index (χ4v) is 1.98. The molecule has 0 radical (unpaired) electrons. The molecule has 0 aliphatic heterocycles. The molecule has 1 aromatic heterocycles. The summed E-state index contributed by atoms with van der Waals surface area (Å²) in [6.07, 6.45) is 1.70. The number of aromatic nitrogens is 1. The zero-order valence-electron chi connectivity index (χ0n) is 12.4. The van der Waals surface area contributed by atoms with E-state index in [0.29, 0.717) is 17.7 Å². The van der Waals surface area contributed by atoms with Gasteiger partial charge in [0.05, 0.1) is 0 Å². The van der Waals surface area contributed by atoms with Crippen LogP contribution in [0.1, 0.15) is 21.5 Å². The Balaban J connectivity index is 2.09. The summed E-state index contributed by atoms with van der Waals surface area (Å²) in [6, 6.07) is 8.18. The summed E-state index contributed by atoms with van der Waals surface area (Å²) >= 11 is 0. The lowest BCUT2D eigenvalue weighted by Crippen LogP contribution is -2.24. The quantitative estimate of drug-likeness (QED) is 0.940. The summed E-state index contributed by atoms with van der Waals surface area (Å²) in [4.78, 5) is 18.2. The number of pyridine rings is 1. The van der Waals surface area contributed by atoms with Gasteiger partial charge in [0, 0.05) is 38.0 Å². The molecule has 2 aromatic rings. The first-order chi connectivity index (χ1) is 9.99. The average Bonchev–Trinajstić information content (AvgIpc) is 2.47. The van der Waals surface area contributed by atoms with E-state index in [2.05, 4.69) is 10.3 Å². The molecule has 1 heterocycles. The molecule has 1 amide bonds. The molecule has 110 valence electrons. The number of hydrogen-bond donors (Lipinski definition) is 1. The number of rotatable bonds is 4. The first kappa shape index (κ1) is 15.0. The molecular weight excluding hydrogens is 269 g/mol. The van der Waals surface area contributed by atoms with Crippen LogP contribution in [0.5, 0.6) is 0 Å². The van der Waals surface area contributed by atoms with E-state index in [0.717, 1.165) is 11.4 Å². The number of anilines is 1. The summed E-state index contributed by atoms with van der Waals surface area (Å²) < 4.78 is 13.5. The van der Waals surface area contributed by atoms with Crippen molar-refractivity contribution in [1.29, 1.82) is 0 Å². The minimum absolute atomic E-state index is 0.303. The molecule has 0 aliphatic rings. The summed E-state index contributed by atoms with van der Waals surface area (Å²) in [7, 11) is 3.78. The maximum atomic E-state index is 13.5. The van der Waals surface area contributed by atoms with Gasteiger partial charge in [-0.2, -0.15) is 0 Å². The molecule has 0 spiro atoms. The summed E-state index contributed by atoms with van der Waals surface area (Å²) in [5, 5.41) is 2.78. The van der Waals surface area contributed by atoms with E-state index in [1.807, 2.05) is 31.1 Å². The number of amides is 1. The highest BCUT2D eigenvalue weighted by Gasteiger charge is 2.10. The van der Waals surface area contributed by atoms with E-state index in [9.17, 15) is 9.18 Å². The van der Waals surface area contributed by atoms with Crippen LogP contribution in [-0.2, 0) is 6.54 Å². The number of benzene rings is 1. The van der Waals surface area contributed by atoms with Crippen LogP contribution in [0.2, 0.25) is 0 Å². The van der Waals surface area contributed by atoms with Crippen LogP contribution in [0.3, 0.4) is 0 Å². The Labute approximate surface area is 123 Å². The van der Waals surface area contributed by atoms with E-state index in [1.54, 1.807) is 25.3 Å². The van der Waals surface area contributed by atoms with E-state index in [4.69, 9.17) is 0 Å². The van der Waals surface area contributed by atoms with Crippen LogP contribution in [-0.4, -0.2) is 25.0 Å². The van der Waals surface area contributed by atoms with Crippen LogP contribution >= 0.6 is 0 Å². The highest BCUT2D eigenvalue weighted by Crippen LogP contribution is 2.14. The van der Waals surface area contributed by atoms with Crippen molar-refractivity contribution in [2.45, 2.75) is 13.5 Å². The Kier molecular flexibility index (Phi) is 4.52. The van der Waals surface area contributed by atoms with Gasteiger partial charge in [0.25, 0.3) is 5.91 Å². The summed E-state index contributed by atoms with van der Waals surface area (Å²) in [5.41, 5.74) is 1.74. The van der Waals surface area contributed by atoms with Crippen molar-refractivity contribution in [2.75, 3.05) is 19.0 Å². The van der Waals surface area contributed by atoms with Gasteiger partial charge >= 0.3 is 0 Å². The molecule has 2 rings (SSSR count). The van der Waals surface area contributed by atoms with Crippen molar-refractivity contribution in [3.05, 3.63) is 59.0 Å². The molecule has 0 fully saturated rings. The Morgan fingerprint density at radius 2 is 2.10 bits per heavy atom. The monoisotopic (exact) mass is 287 g/mol. The van der Waals surface area contributed by atoms with E-state index >= 15 is 0 Å². The van der Waals surface area contributed by atoms with Gasteiger partial charge in [-0.1, -0.05) is 12.1 Å². The lowest BCUT2D eigenvalue weighted by molar-refractivity contribution is 0.0950. The van der Waals surface area contributed by atoms with Crippen LogP contribution in [0.25, 0.3) is 0 Å². The summed E-state index contributed by atoms with van der Waals surface area (Å²) in [6.45, 7) is 2.01. The third-order valence-electron chi connectivity index (χ3n) is 3.16. The maximum Gasteiger partial charge on any atom is 0.251 e. The second-order valence-corrected chi connectivity index (χ2v) is 5.03. The highest BCUT2D eigenvalue weighted by molar-refractivity contribution is 5.94. The van der Waals surface area contributed by atoms with Gasteiger partial charge < -0.3 is 10.2 Å². The van der Waals surface area contributed by atoms with Crippen molar-refractivity contribution in [2.24, 2.45) is 0 Å². The molecule has 0 saturated carbocycles. The maximum absolute atomic E-state index is 13.5. The van der Waals surface area contributed by atoms with E-state index in [1.165, 1.54) is 6.07 Å². The molecule has 1 N–H and O–H groups in total.